The molecule has 1 unspecified atom stereocenters. The predicted molar refractivity (Wildman–Crippen MR) is 59.4 cm³/mol. The smallest absolute Gasteiger partial charge is 0.253 e. The van der Waals surface area contributed by atoms with Crippen LogP contribution in [0.25, 0.3) is 11.5 Å². The average molecular weight is 240 g/mol. The van der Waals surface area contributed by atoms with Gasteiger partial charge in [-0.3, -0.25) is 4.79 Å². The lowest BCUT2D eigenvalue weighted by Gasteiger charge is -1.96. The van der Waals surface area contributed by atoms with Gasteiger partial charge in [0.15, 0.2) is 5.43 Å². The quantitative estimate of drug-likeness (QED) is 0.814. The van der Waals surface area contributed by atoms with Crippen molar-refractivity contribution in [3.63, 3.8) is 0 Å². The Bertz CT molecular complexity index is 559. The minimum atomic E-state index is -0.370. The lowest BCUT2D eigenvalue weighted by Crippen LogP contribution is -2.05. The van der Waals surface area contributed by atoms with E-state index in [1.165, 1.54) is 6.07 Å². The predicted octanol–water partition coefficient (Wildman–Crippen LogP) is 2.03. The zero-order valence-electron chi connectivity index (χ0n) is 8.82. The van der Waals surface area contributed by atoms with Crippen LogP contribution in [0.15, 0.2) is 21.5 Å². The molecular formula is C10H10ClN3O2. The van der Waals surface area contributed by atoms with Crippen LogP contribution in [0.1, 0.15) is 23.9 Å². The molecule has 0 fully saturated rings. The second kappa shape index (κ2) is 4.09. The Morgan fingerprint density at radius 2 is 2.25 bits per heavy atom. The summed E-state index contributed by atoms with van der Waals surface area (Å²) in [5.74, 6) is 0.486. The van der Waals surface area contributed by atoms with Crippen molar-refractivity contribution in [2.24, 2.45) is 0 Å². The van der Waals surface area contributed by atoms with Gasteiger partial charge in [0.1, 0.15) is 10.9 Å². The number of rotatable bonds is 2. The number of aromatic nitrogens is 3. The first-order chi connectivity index (χ1) is 7.58. The third kappa shape index (κ3) is 1.99. The van der Waals surface area contributed by atoms with E-state index >= 15 is 0 Å². The van der Waals surface area contributed by atoms with Gasteiger partial charge in [0.05, 0.1) is 0 Å². The van der Waals surface area contributed by atoms with Crippen molar-refractivity contribution in [1.29, 1.82) is 0 Å². The number of nitrogens with one attached hydrogen (secondary N) is 1. The molecule has 0 aliphatic rings. The van der Waals surface area contributed by atoms with E-state index in [2.05, 4.69) is 15.2 Å². The van der Waals surface area contributed by atoms with Gasteiger partial charge in [-0.1, -0.05) is 0 Å². The van der Waals surface area contributed by atoms with Crippen molar-refractivity contribution < 1.29 is 4.42 Å². The van der Waals surface area contributed by atoms with Crippen LogP contribution in [0.2, 0.25) is 0 Å². The first kappa shape index (κ1) is 10.9. The van der Waals surface area contributed by atoms with Crippen LogP contribution in [-0.2, 0) is 0 Å². The zero-order chi connectivity index (χ0) is 11.7. The van der Waals surface area contributed by atoms with Crippen molar-refractivity contribution in [3.05, 3.63) is 34.1 Å². The van der Waals surface area contributed by atoms with Crippen molar-refractivity contribution in [1.82, 2.24) is 15.2 Å². The summed E-state index contributed by atoms with van der Waals surface area (Å²) < 4.78 is 5.28. The van der Waals surface area contributed by atoms with Crippen LogP contribution in [-0.4, -0.2) is 15.2 Å². The van der Waals surface area contributed by atoms with E-state index in [4.69, 9.17) is 16.0 Å². The second-order valence-corrected chi connectivity index (χ2v) is 4.11. The summed E-state index contributed by atoms with van der Waals surface area (Å²) in [5.41, 5.74) is 0.967. The van der Waals surface area contributed by atoms with E-state index in [0.717, 1.165) is 5.69 Å². The Labute approximate surface area is 96.5 Å². The fraction of sp³-hybridized carbons (Fsp3) is 0.300. The van der Waals surface area contributed by atoms with Gasteiger partial charge in [-0.2, -0.15) is 0 Å². The van der Waals surface area contributed by atoms with Crippen molar-refractivity contribution in [3.8, 4) is 11.5 Å². The number of aromatic amines is 1. The summed E-state index contributed by atoms with van der Waals surface area (Å²) >= 11 is 5.79. The Morgan fingerprint density at radius 3 is 2.81 bits per heavy atom. The molecule has 1 N–H and O–H groups in total. The number of halogens is 1. The highest BCUT2D eigenvalue weighted by atomic mass is 35.5. The molecule has 0 radical (unpaired) electrons. The maximum absolute atomic E-state index is 11.6. The van der Waals surface area contributed by atoms with Gasteiger partial charge in [0, 0.05) is 18.0 Å². The van der Waals surface area contributed by atoms with E-state index in [0.29, 0.717) is 11.5 Å². The molecule has 0 saturated carbocycles. The minimum Gasteiger partial charge on any atom is -0.419 e. The first-order valence-electron chi connectivity index (χ1n) is 4.75. The molecule has 84 valence electrons. The van der Waals surface area contributed by atoms with Gasteiger partial charge in [-0.15, -0.1) is 21.8 Å². The molecule has 0 aliphatic carbocycles. The normalized spacial score (nSPS) is 12.7. The van der Waals surface area contributed by atoms with Crippen molar-refractivity contribution in [2.45, 2.75) is 19.2 Å². The summed E-state index contributed by atoms with van der Waals surface area (Å²) in [7, 11) is 0. The summed E-state index contributed by atoms with van der Waals surface area (Å²) in [4.78, 5) is 14.6. The van der Waals surface area contributed by atoms with E-state index in [1.54, 1.807) is 20.0 Å². The molecular weight excluding hydrogens is 230 g/mol. The Hall–Kier alpha value is -1.62. The standard InChI is InChI=1S/C10H10ClN3O2/c1-5-3-8(15)7(4-12-5)10-14-13-9(16-10)6(2)11/h3-4,6H,1-2H3,(H,12,15). The van der Waals surface area contributed by atoms with Crippen molar-refractivity contribution in [2.75, 3.05) is 0 Å². The van der Waals surface area contributed by atoms with E-state index in [-0.39, 0.29) is 16.7 Å². The Balaban J connectivity index is 2.47. The largest absolute Gasteiger partial charge is 0.419 e. The van der Waals surface area contributed by atoms with E-state index in [1.807, 2.05) is 0 Å². The fourth-order valence-corrected chi connectivity index (χ4v) is 1.33. The lowest BCUT2D eigenvalue weighted by molar-refractivity contribution is 0.506. The number of hydrogen-bond acceptors (Lipinski definition) is 4. The molecule has 5 nitrogen and oxygen atoms in total. The summed E-state index contributed by atoms with van der Waals surface area (Å²) in [6.45, 7) is 3.52. The van der Waals surface area contributed by atoms with Crippen LogP contribution in [0.4, 0.5) is 0 Å². The van der Waals surface area contributed by atoms with Crippen LogP contribution >= 0.6 is 11.6 Å². The number of pyridine rings is 1. The first-order valence-corrected chi connectivity index (χ1v) is 5.18. The van der Waals surface area contributed by atoms with Gasteiger partial charge < -0.3 is 9.40 Å². The molecule has 2 aromatic heterocycles. The van der Waals surface area contributed by atoms with Crippen molar-refractivity contribution >= 4 is 11.6 Å². The molecule has 16 heavy (non-hydrogen) atoms. The molecule has 0 aromatic carbocycles. The van der Waals surface area contributed by atoms with Crippen LogP contribution in [0.3, 0.4) is 0 Å². The maximum Gasteiger partial charge on any atom is 0.253 e. The highest BCUT2D eigenvalue weighted by Crippen LogP contribution is 2.21. The highest BCUT2D eigenvalue weighted by Gasteiger charge is 2.14. The second-order valence-electron chi connectivity index (χ2n) is 3.46. The van der Waals surface area contributed by atoms with Crippen LogP contribution < -0.4 is 5.43 Å². The minimum absolute atomic E-state index is 0.159. The van der Waals surface area contributed by atoms with Gasteiger partial charge in [-0.25, -0.2) is 0 Å². The van der Waals surface area contributed by atoms with E-state index < -0.39 is 0 Å². The molecule has 6 heteroatoms. The molecule has 0 amide bonds. The molecule has 1 atom stereocenters. The molecule has 2 rings (SSSR count). The summed E-state index contributed by atoms with van der Waals surface area (Å²) in [6.07, 6.45) is 1.55. The Morgan fingerprint density at radius 1 is 1.50 bits per heavy atom. The topological polar surface area (TPSA) is 71.8 Å². The molecule has 0 spiro atoms. The number of H-pyrrole nitrogens is 1. The molecule has 2 heterocycles. The third-order valence-corrected chi connectivity index (χ3v) is 2.26. The molecule has 0 aliphatic heterocycles. The summed E-state index contributed by atoms with van der Waals surface area (Å²) in [6, 6.07) is 1.48. The number of hydrogen-bond donors (Lipinski definition) is 1. The number of nitrogens with zero attached hydrogens (tertiary/aromatic N) is 2. The monoisotopic (exact) mass is 239 g/mol. The van der Waals surface area contributed by atoms with Gasteiger partial charge in [-0.05, 0) is 13.8 Å². The number of aryl methyl sites for hydroxylation is 1. The number of alkyl halides is 1. The van der Waals surface area contributed by atoms with Gasteiger partial charge >= 0.3 is 0 Å². The molecule has 2 aromatic rings. The Kier molecular flexibility index (Phi) is 2.78. The SMILES string of the molecule is Cc1cc(=O)c(-c2nnc(C(C)Cl)o2)c[nH]1. The van der Waals surface area contributed by atoms with Crippen LogP contribution in [0, 0.1) is 6.92 Å². The molecule has 0 bridgehead atoms. The van der Waals surface area contributed by atoms with Gasteiger partial charge in [0.2, 0.25) is 5.89 Å². The van der Waals surface area contributed by atoms with Gasteiger partial charge in [0.25, 0.3) is 5.89 Å². The highest BCUT2D eigenvalue weighted by molar-refractivity contribution is 6.20. The average Bonchev–Trinajstić information content (AvgIpc) is 2.66. The third-order valence-electron chi connectivity index (χ3n) is 2.07. The lowest BCUT2D eigenvalue weighted by atomic mass is 10.2. The fourth-order valence-electron chi connectivity index (χ4n) is 1.24. The molecule has 0 saturated heterocycles. The summed E-state index contributed by atoms with van der Waals surface area (Å²) in [5, 5.41) is 7.16. The van der Waals surface area contributed by atoms with Crippen LogP contribution in [0.5, 0.6) is 0 Å². The maximum atomic E-state index is 11.6. The zero-order valence-corrected chi connectivity index (χ0v) is 9.58. The van der Waals surface area contributed by atoms with E-state index in [9.17, 15) is 4.79 Å².